The predicted molar refractivity (Wildman–Crippen MR) is 136 cm³/mol. The molecule has 0 aromatic carbocycles. The molecule has 0 bridgehead atoms. The van der Waals surface area contributed by atoms with E-state index >= 15 is 0 Å². The van der Waals surface area contributed by atoms with Gasteiger partial charge in [0.15, 0.2) is 5.11 Å². The predicted octanol–water partition coefficient (Wildman–Crippen LogP) is 3.84. The molecule has 2 fully saturated rings. The van der Waals surface area contributed by atoms with E-state index in [9.17, 15) is 0 Å². The van der Waals surface area contributed by atoms with Crippen LogP contribution in [0.15, 0.2) is 53.3 Å². The quantitative estimate of drug-likeness (QED) is 0.493. The van der Waals surface area contributed by atoms with Crippen molar-refractivity contribution in [1.29, 1.82) is 0 Å². The molecule has 180 valence electrons. The van der Waals surface area contributed by atoms with E-state index in [-0.39, 0.29) is 12.1 Å². The highest BCUT2D eigenvalue weighted by Gasteiger charge is 2.41. The van der Waals surface area contributed by atoms with Crippen molar-refractivity contribution in [3.8, 4) is 0 Å². The van der Waals surface area contributed by atoms with Crippen LogP contribution in [0.3, 0.4) is 0 Å². The summed E-state index contributed by atoms with van der Waals surface area (Å²) in [6.07, 6.45) is 4.65. The minimum atomic E-state index is 0.00893. The lowest BCUT2D eigenvalue weighted by atomic mass is 9.96. The topological polar surface area (TPSA) is 58.7 Å². The summed E-state index contributed by atoms with van der Waals surface area (Å²) in [6, 6.07) is 12.5. The van der Waals surface area contributed by atoms with Crippen LogP contribution in [0.4, 0.5) is 0 Å². The van der Waals surface area contributed by atoms with Gasteiger partial charge in [0, 0.05) is 43.8 Å². The second kappa shape index (κ2) is 10.3. The van der Waals surface area contributed by atoms with Crippen molar-refractivity contribution < 1.29 is 9.15 Å². The largest absolute Gasteiger partial charge is 0.467 e. The molecule has 3 aromatic rings. The Hall–Kier alpha value is -2.68. The highest BCUT2D eigenvalue weighted by atomic mass is 32.1. The van der Waals surface area contributed by atoms with E-state index in [1.165, 1.54) is 17.0 Å². The number of nitrogens with zero attached hydrogens (tertiary/aromatic N) is 4. The average molecular weight is 480 g/mol. The van der Waals surface area contributed by atoms with Gasteiger partial charge in [-0.3, -0.25) is 9.88 Å². The summed E-state index contributed by atoms with van der Waals surface area (Å²) >= 11 is 5.87. The van der Waals surface area contributed by atoms with E-state index in [0.717, 1.165) is 68.9 Å². The Balaban J connectivity index is 1.42. The maximum Gasteiger partial charge on any atom is 0.170 e. The number of hydrogen-bond acceptors (Lipinski definition) is 5. The highest BCUT2D eigenvalue weighted by molar-refractivity contribution is 7.80. The van der Waals surface area contributed by atoms with Crippen molar-refractivity contribution in [3.63, 3.8) is 0 Å². The number of nitrogens with one attached hydrogen (secondary N) is 1. The monoisotopic (exact) mass is 479 g/mol. The molecule has 2 atom stereocenters. The molecule has 7 nitrogen and oxygen atoms in total. The molecular formula is C26H33N5O2S. The molecule has 2 aliphatic rings. The van der Waals surface area contributed by atoms with E-state index in [2.05, 4.69) is 50.6 Å². The molecule has 0 amide bonds. The van der Waals surface area contributed by atoms with E-state index < -0.39 is 0 Å². The van der Waals surface area contributed by atoms with Crippen LogP contribution in [0, 0.1) is 13.8 Å². The summed E-state index contributed by atoms with van der Waals surface area (Å²) in [6.45, 7) is 10.7. The third kappa shape index (κ3) is 4.76. The Labute approximate surface area is 206 Å². The molecule has 2 unspecified atom stereocenters. The smallest absolute Gasteiger partial charge is 0.170 e. The number of pyridine rings is 1. The molecule has 0 spiro atoms. The van der Waals surface area contributed by atoms with Gasteiger partial charge in [-0.25, -0.2) is 0 Å². The average Bonchev–Trinajstić information content (AvgIpc) is 3.56. The summed E-state index contributed by atoms with van der Waals surface area (Å²) in [7, 11) is 0. The van der Waals surface area contributed by atoms with Gasteiger partial charge >= 0.3 is 0 Å². The zero-order valence-corrected chi connectivity index (χ0v) is 20.8. The standard InChI is InChI=1S/C26H33N5O2S/c1-19-17-22(20(2)31(19)18-21-7-5-14-33-21)25-24(23-8-3-4-9-27-23)28-26(34)30(25)11-6-10-29-12-15-32-16-13-29/h3-5,7-9,14,17,24-25H,6,10-13,15-16,18H2,1-2H3,(H,28,34). The normalized spacial score (nSPS) is 21.2. The molecule has 5 rings (SSSR count). The van der Waals surface area contributed by atoms with Crippen LogP contribution in [0.1, 0.15) is 46.9 Å². The van der Waals surface area contributed by atoms with Gasteiger partial charge in [0.05, 0.1) is 43.8 Å². The molecular weight excluding hydrogens is 446 g/mol. The number of aryl methyl sites for hydroxylation is 1. The van der Waals surface area contributed by atoms with Gasteiger partial charge in [-0.1, -0.05) is 6.07 Å². The molecule has 0 radical (unpaired) electrons. The number of ether oxygens (including phenoxy) is 1. The first-order valence-electron chi connectivity index (χ1n) is 12.1. The van der Waals surface area contributed by atoms with Crippen molar-refractivity contribution in [2.75, 3.05) is 39.4 Å². The molecule has 8 heteroatoms. The number of rotatable bonds is 8. The first-order chi connectivity index (χ1) is 16.6. The molecule has 2 aliphatic heterocycles. The van der Waals surface area contributed by atoms with E-state index in [1.807, 2.05) is 30.5 Å². The van der Waals surface area contributed by atoms with Crippen molar-refractivity contribution in [2.45, 2.75) is 38.9 Å². The summed E-state index contributed by atoms with van der Waals surface area (Å²) in [5, 5.41) is 4.40. The van der Waals surface area contributed by atoms with Crippen molar-refractivity contribution >= 4 is 17.3 Å². The summed E-state index contributed by atoms with van der Waals surface area (Å²) < 4.78 is 13.5. The maximum absolute atomic E-state index is 5.87. The summed E-state index contributed by atoms with van der Waals surface area (Å²) in [5.41, 5.74) is 4.76. The Morgan fingerprint density at radius 2 is 1.97 bits per heavy atom. The van der Waals surface area contributed by atoms with E-state index in [4.69, 9.17) is 21.4 Å². The van der Waals surface area contributed by atoms with Gasteiger partial charge in [-0.2, -0.15) is 0 Å². The number of aromatic nitrogens is 2. The van der Waals surface area contributed by atoms with Gasteiger partial charge in [0.25, 0.3) is 0 Å². The SMILES string of the molecule is Cc1cc(C2C(c3ccccn3)NC(=S)N2CCCN2CCOCC2)c(C)n1Cc1ccco1. The zero-order chi connectivity index (χ0) is 23.5. The first-order valence-corrected chi connectivity index (χ1v) is 12.5. The van der Waals surface area contributed by atoms with Crippen LogP contribution in [0.5, 0.6) is 0 Å². The fraction of sp³-hybridized carbons (Fsp3) is 0.462. The Kier molecular flexibility index (Phi) is 6.99. The summed E-state index contributed by atoms with van der Waals surface area (Å²) in [5.74, 6) is 0.956. The molecule has 0 saturated carbocycles. The Morgan fingerprint density at radius 1 is 1.12 bits per heavy atom. The minimum Gasteiger partial charge on any atom is -0.467 e. The van der Waals surface area contributed by atoms with Gasteiger partial charge in [-0.05, 0) is 68.4 Å². The molecule has 1 N–H and O–H groups in total. The number of furan rings is 1. The van der Waals surface area contributed by atoms with Crippen molar-refractivity contribution in [3.05, 3.63) is 77.3 Å². The maximum atomic E-state index is 5.87. The number of thiocarbonyl (C=S) groups is 1. The van der Waals surface area contributed by atoms with Crippen LogP contribution in [-0.4, -0.2) is 63.9 Å². The molecule has 0 aliphatic carbocycles. The Morgan fingerprint density at radius 3 is 2.71 bits per heavy atom. The van der Waals surface area contributed by atoms with Crippen LogP contribution >= 0.6 is 12.2 Å². The van der Waals surface area contributed by atoms with Crippen LogP contribution < -0.4 is 5.32 Å². The molecule has 3 aromatic heterocycles. The van der Waals surface area contributed by atoms with Crippen molar-refractivity contribution in [1.82, 2.24) is 24.7 Å². The van der Waals surface area contributed by atoms with Gasteiger partial charge in [0.2, 0.25) is 0 Å². The van der Waals surface area contributed by atoms with E-state index in [1.54, 1.807) is 6.26 Å². The van der Waals surface area contributed by atoms with E-state index in [0.29, 0.717) is 0 Å². The molecule has 2 saturated heterocycles. The van der Waals surface area contributed by atoms with Gasteiger partial charge < -0.3 is 23.9 Å². The van der Waals surface area contributed by atoms with Gasteiger partial charge in [0.1, 0.15) is 5.76 Å². The number of morpholine rings is 1. The first kappa shape index (κ1) is 23.1. The Bertz CT molecular complexity index is 1090. The van der Waals surface area contributed by atoms with Crippen molar-refractivity contribution in [2.24, 2.45) is 0 Å². The lowest BCUT2D eigenvalue weighted by molar-refractivity contribution is 0.0365. The van der Waals surface area contributed by atoms with Crippen LogP contribution in [0.25, 0.3) is 0 Å². The van der Waals surface area contributed by atoms with Crippen LogP contribution in [0.2, 0.25) is 0 Å². The lowest BCUT2D eigenvalue weighted by Crippen LogP contribution is -2.39. The summed E-state index contributed by atoms with van der Waals surface area (Å²) in [4.78, 5) is 9.54. The number of hydrogen-bond donors (Lipinski definition) is 1. The zero-order valence-electron chi connectivity index (χ0n) is 19.9. The third-order valence-corrected chi connectivity index (χ3v) is 7.35. The lowest BCUT2D eigenvalue weighted by Gasteiger charge is -2.30. The molecule has 34 heavy (non-hydrogen) atoms. The molecule has 5 heterocycles. The van der Waals surface area contributed by atoms with Crippen LogP contribution in [-0.2, 0) is 11.3 Å². The second-order valence-corrected chi connectivity index (χ2v) is 9.51. The fourth-order valence-electron chi connectivity index (χ4n) is 5.20. The second-order valence-electron chi connectivity index (χ2n) is 9.12. The third-order valence-electron chi connectivity index (χ3n) is 7.00. The van der Waals surface area contributed by atoms with Gasteiger partial charge in [-0.15, -0.1) is 0 Å². The highest BCUT2D eigenvalue weighted by Crippen LogP contribution is 2.41. The minimum absolute atomic E-state index is 0.00893. The fourth-order valence-corrected chi connectivity index (χ4v) is 5.53.